The third-order valence-corrected chi connectivity index (χ3v) is 2.89. The summed E-state index contributed by atoms with van der Waals surface area (Å²) >= 11 is 0. The highest BCUT2D eigenvalue weighted by atomic mass is 16.5. The predicted molar refractivity (Wildman–Crippen MR) is 79.7 cm³/mol. The number of nitrogens with zero attached hydrogens (tertiary/aromatic N) is 1. The summed E-state index contributed by atoms with van der Waals surface area (Å²) in [4.78, 5) is 23.4. The van der Waals surface area contributed by atoms with Crippen LogP contribution in [0.3, 0.4) is 0 Å². The maximum Gasteiger partial charge on any atom is 0.325 e. The molecule has 2 aromatic carbocycles. The molecule has 5 heteroatoms. The van der Waals surface area contributed by atoms with E-state index in [9.17, 15) is 9.59 Å². The van der Waals surface area contributed by atoms with Crippen LogP contribution in [0, 0.1) is 11.3 Å². The van der Waals surface area contributed by atoms with E-state index in [1.165, 1.54) is 0 Å². The van der Waals surface area contributed by atoms with Crippen molar-refractivity contribution in [3.63, 3.8) is 0 Å². The summed E-state index contributed by atoms with van der Waals surface area (Å²) in [5.74, 6) is -0.865. The van der Waals surface area contributed by atoms with Gasteiger partial charge in [-0.1, -0.05) is 30.3 Å². The predicted octanol–water partition coefficient (Wildman–Crippen LogP) is 2.03. The van der Waals surface area contributed by atoms with Gasteiger partial charge in [0, 0.05) is 5.56 Å². The van der Waals surface area contributed by atoms with Gasteiger partial charge >= 0.3 is 5.97 Å². The molecule has 2 rings (SSSR count). The standard InChI is InChI=1S/C17H14N2O3/c18-10-13-5-4-6-14(9-13)12-22-16(20)11-19-17(21)15-7-2-1-3-8-15/h1-9H,11-12H2,(H,19,21). The Morgan fingerprint density at radius 1 is 1.09 bits per heavy atom. The summed E-state index contributed by atoms with van der Waals surface area (Å²) < 4.78 is 5.05. The quantitative estimate of drug-likeness (QED) is 0.856. The minimum Gasteiger partial charge on any atom is -0.460 e. The number of nitriles is 1. The Kier molecular flexibility index (Phi) is 5.27. The zero-order valence-corrected chi connectivity index (χ0v) is 11.8. The van der Waals surface area contributed by atoms with Gasteiger partial charge in [0.25, 0.3) is 5.91 Å². The Bertz CT molecular complexity index is 705. The molecular formula is C17H14N2O3. The van der Waals surface area contributed by atoms with Crippen LogP contribution in [0.5, 0.6) is 0 Å². The van der Waals surface area contributed by atoms with Crippen molar-refractivity contribution >= 4 is 11.9 Å². The maximum atomic E-state index is 11.8. The van der Waals surface area contributed by atoms with Gasteiger partial charge in [0.2, 0.25) is 0 Å². The second-order valence-corrected chi connectivity index (χ2v) is 4.52. The second kappa shape index (κ2) is 7.60. The van der Waals surface area contributed by atoms with E-state index < -0.39 is 5.97 Å². The third-order valence-electron chi connectivity index (χ3n) is 2.89. The number of carbonyl (C=O) groups excluding carboxylic acids is 2. The average molecular weight is 294 g/mol. The Morgan fingerprint density at radius 2 is 1.86 bits per heavy atom. The summed E-state index contributed by atoms with van der Waals surface area (Å²) in [5.41, 5.74) is 1.71. The lowest BCUT2D eigenvalue weighted by atomic mass is 10.1. The Balaban J connectivity index is 1.79. The minimum absolute atomic E-state index is 0.0650. The highest BCUT2D eigenvalue weighted by Crippen LogP contribution is 2.05. The zero-order valence-electron chi connectivity index (χ0n) is 11.8. The molecule has 0 saturated carbocycles. The lowest BCUT2D eigenvalue weighted by molar-refractivity contribution is -0.143. The Hall–Kier alpha value is -3.13. The number of hydrogen-bond donors (Lipinski definition) is 1. The first-order valence-electron chi connectivity index (χ1n) is 6.67. The highest BCUT2D eigenvalue weighted by Gasteiger charge is 2.08. The van der Waals surface area contributed by atoms with Gasteiger partial charge in [0.15, 0.2) is 0 Å². The molecule has 0 saturated heterocycles. The third kappa shape index (κ3) is 4.46. The molecule has 0 bridgehead atoms. The van der Waals surface area contributed by atoms with Gasteiger partial charge in [-0.05, 0) is 29.8 Å². The monoisotopic (exact) mass is 294 g/mol. The van der Waals surface area contributed by atoms with Crippen molar-refractivity contribution in [3.05, 3.63) is 71.3 Å². The van der Waals surface area contributed by atoms with Crippen molar-refractivity contribution in [2.24, 2.45) is 0 Å². The van der Waals surface area contributed by atoms with Gasteiger partial charge in [-0.3, -0.25) is 9.59 Å². The van der Waals surface area contributed by atoms with Gasteiger partial charge in [-0.15, -0.1) is 0 Å². The Labute approximate surface area is 128 Å². The second-order valence-electron chi connectivity index (χ2n) is 4.52. The van der Waals surface area contributed by atoms with E-state index in [2.05, 4.69) is 5.32 Å². The molecule has 0 spiro atoms. The molecule has 0 aromatic heterocycles. The molecule has 0 atom stereocenters. The molecule has 0 radical (unpaired) electrons. The largest absolute Gasteiger partial charge is 0.460 e. The number of benzene rings is 2. The van der Waals surface area contributed by atoms with E-state index in [1.54, 1.807) is 54.6 Å². The van der Waals surface area contributed by atoms with Crippen LogP contribution in [-0.2, 0) is 16.1 Å². The van der Waals surface area contributed by atoms with Crippen molar-refractivity contribution in [2.75, 3.05) is 6.54 Å². The summed E-state index contributed by atoms with van der Waals surface area (Å²) in [5, 5.41) is 11.3. The first-order valence-corrected chi connectivity index (χ1v) is 6.67. The molecule has 0 fully saturated rings. The van der Waals surface area contributed by atoms with Crippen molar-refractivity contribution in [1.82, 2.24) is 5.32 Å². The molecule has 1 N–H and O–H groups in total. The van der Waals surface area contributed by atoms with Crippen LogP contribution in [0.15, 0.2) is 54.6 Å². The maximum absolute atomic E-state index is 11.8. The average Bonchev–Trinajstić information content (AvgIpc) is 2.58. The van der Waals surface area contributed by atoms with E-state index in [0.717, 1.165) is 5.56 Å². The lowest BCUT2D eigenvalue weighted by Crippen LogP contribution is -2.30. The number of carbonyl (C=O) groups is 2. The molecule has 1 amide bonds. The fourth-order valence-corrected chi connectivity index (χ4v) is 1.79. The van der Waals surface area contributed by atoms with Gasteiger partial charge in [-0.2, -0.15) is 5.26 Å². The Morgan fingerprint density at radius 3 is 2.59 bits per heavy atom. The van der Waals surface area contributed by atoms with Crippen LogP contribution >= 0.6 is 0 Å². The molecule has 22 heavy (non-hydrogen) atoms. The summed E-state index contributed by atoms with van der Waals surface area (Å²) in [7, 11) is 0. The van der Waals surface area contributed by atoms with Crippen LogP contribution in [0.1, 0.15) is 21.5 Å². The molecule has 0 unspecified atom stereocenters. The number of nitrogens with one attached hydrogen (secondary N) is 1. The highest BCUT2D eigenvalue weighted by molar-refractivity contribution is 5.95. The van der Waals surface area contributed by atoms with Crippen LogP contribution in [0.2, 0.25) is 0 Å². The number of amides is 1. The van der Waals surface area contributed by atoms with E-state index >= 15 is 0 Å². The van der Waals surface area contributed by atoms with E-state index in [4.69, 9.17) is 10.00 Å². The van der Waals surface area contributed by atoms with Gasteiger partial charge in [-0.25, -0.2) is 0 Å². The van der Waals surface area contributed by atoms with E-state index in [0.29, 0.717) is 11.1 Å². The van der Waals surface area contributed by atoms with Crippen molar-refractivity contribution in [1.29, 1.82) is 5.26 Å². The van der Waals surface area contributed by atoms with Crippen LogP contribution in [0.4, 0.5) is 0 Å². The minimum atomic E-state index is -0.536. The van der Waals surface area contributed by atoms with Gasteiger partial charge in [0.1, 0.15) is 13.2 Å². The van der Waals surface area contributed by atoms with E-state index in [1.807, 2.05) is 6.07 Å². The summed E-state index contributed by atoms with van der Waals surface area (Å²) in [6.45, 7) is -0.138. The first kappa shape index (κ1) is 15.3. The molecule has 110 valence electrons. The first-order chi connectivity index (χ1) is 10.7. The van der Waals surface area contributed by atoms with Crippen LogP contribution in [-0.4, -0.2) is 18.4 Å². The normalized spacial score (nSPS) is 9.59. The number of rotatable bonds is 5. The van der Waals surface area contributed by atoms with Crippen molar-refractivity contribution in [2.45, 2.75) is 6.61 Å². The lowest BCUT2D eigenvalue weighted by Gasteiger charge is -2.07. The van der Waals surface area contributed by atoms with E-state index in [-0.39, 0.29) is 19.1 Å². The number of ether oxygens (including phenoxy) is 1. The summed E-state index contributed by atoms with van der Waals surface area (Å²) in [6.07, 6.45) is 0. The molecule has 0 aliphatic rings. The van der Waals surface area contributed by atoms with Crippen LogP contribution in [0.25, 0.3) is 0 Å². The molecular weight excluding hydrogens is 280 g/mol. The summed E-state index contributed by atoms with van der Waals surface area (Å²) in [6, 6.07) is 17.4. The fourth-order valence-electron chi connectivity index (χ4n) is 1.79. The molecule has 2 aromatic rings. The SMILES string of the molecule is N#Cc1cccc(COC(=O)CNC(=O)c2ccccc2)c1. The van der Waals surface area contributed by atoms with Crippen LogP contribution < -0.4 is 5.32 Å². The van der Waals surface area contributed by atoms with Crippen molar-refractivity contribution < 1.29 is 14.3 Å². The number of hydrogen-bond acceptors (Lipinski definition) is 4. The fraction of sp³-hybridized carbons (Fsp3) is 0.118. The molecule has 0 heterocycles. The topological polar surface area (TPSA) is 79.2 Å². The molecule has 0 aliphatic heterocycles. The molecule has 0 aliphatic carbocycles. The molecule has 5 nitrogen and oxygen atoms in total. The zero-order chi connectivity index (χ0) is 15.8. The number of esters is 1. The smallest absolute Gasteiger partial charge is 0.325 e. The van der Waals surface area contributed by atoms with Crippen molar-refractivity contribution in [3.8, 4) is 6.07 Å². The van der Waals surface area contributed by atoms with Gasteiger partial charge in [0.05, 0.1) is 11.6 Å². The van der Waals surface area contributed by atoms with Gasteiger partial charge < -0.3 is 10.1 Å².